The number of sulfonamides is 1. The third kappa shape index (κ3) is 4.58. The minimum Gasteiger partial charge on any atom is -0.322 e. The van der Waals surface area contributed by atoms with E-state index in [-0.39, 0.29) is 21.8 Å². The number of amides is 1. The van der Waals surface area contributed by atoms with Crippen LogP contribution in [0.15, 0.2) is 77.7 Å². The van der Waals surface area contributed by atoms with Crippen LogP contribution in [0.4, 0.5) is 17.1 Å². The van der Waals surface area contributed by atoms with Crippen LogP contribution < -0.4 is 9.62 Å². The van der Waals surface area contributed by atoms with E-state index >= 15 is 0 Å². The van der Waals surface area contributed by atoms with E-state index in [1.54, 1.807) is 0 Å². The van der Waals surface area contributed by atoms with Gasteiger partial charge in [-0.05, 0) is 54.6 Å². The number of nitro benzene ring substituents is 1. The molecule has 0 unspecified atom stereocenters. The topological polar surface area (TPSA) is 110 Å². The summed E-state index contributed by atoms with van der Waals surface area (Å²) in [6.45, 7) is 0. The van der Waals surface area contributed by atoms with Gasteiger partial charge < -0.3 is 5.32 Å². The van der Waals surface area contributed by atoms with Gasteiger partial charge >= 0.3 is 0 Å². The second-order valence-electron chi connectivity index (χ2n) is 6.23. The van der Waals surface area contributed by atoms with Gasteiger partial charge in [0.1, 0.15) is 0 Å². The molecule has 8 nitrogen and oxygen atoms in total. The maximum atomic E-state index is 12.7. The predicted molar refractivity (Wildman–Crippen MR) is 115 cm³/mol. The smallest absolute Gasteiger partial charge is 0.271 e. The van der Waals surface area contributed by atoms with Crippen LogP contribution in [0.1, 0.15) is 10.4 Å². The van der Waals surface area contributed by atoms with Crippen LogP contribution in [0.3, 0.4) is 0 Å². The van der Waals surface area contributed by atoms with Gasteiger partial charge in [0, 0.05) is 35.5 Å². The van der Waals surface area contributed by atoms with Crippen molar-refractivity contribution in [2.75, 3.05) is 16.7 Å². The lowest BCUT2D eigenvalue weighted by molar-refractivity contribution is -0.384. The lowest BCUT2D eigenvalue weighted by atomic mass is 10.2. The number of hydrogen-bond acceptors (Lipinski definition) is 5. The lowest BCUT2D eigenvalue weighted by Crippen LogP contribution is -2.26. The molecule has 1 N–H and O–H groups in total. The van der Waals surface area contributed by atoms with Crippen molar-refractivity contribution in [2.24, 2.45) is 0 Å². The SMILES string of the molecule is CN(c1ccc(C(=O)Nc2cccc([N+](=O)[O-])c2)cc1)S(=O)(=O)c1ccc(Cl)cc1. The fraction of sp³-hybridized carbons (Fsp3) is 0.0500. The lowest BCUT2D eigenvalue weighted by Gasteiger charge is -2.19. The molecule has 10 heteroatoms. The first kappa shape index (κ1) is 21.3. The van der Waals surface area contributed by atoms with Gasteiger partial charge in [-0.3, -0.25) is 19.2 Å². The molecule has 0 saturated heterocycles. The molecule has 0 fully saturated rings. The number of nitrogens with one attached hydrogen (secondary N) is 1. The van der Waals surface area contributed by atoms with E-state index in [2.05, 4.69) is 5.32 Å². The second kappa shape index (κ2) is 8.52. The van der Waals surface area contributed by atoms with Gasteiger partial charge in [0.2, 0.25) is 0 Å². The average molecular weight is 446 g/mol. The Kier molecular flexibility index (Phi) is 6.04. The van der Waals surface area contributed by atoms with E-state index in [1.165, 1.54) is 79.8 Å². The van der Waals surface area contributed by atoms with E-state index < -0.39 is 20.9 Å². The van der Waals surface area contributed by atoms with Crippen LogP contribution in [0.25, 0.3) is 0 Å². The van der Waals surface area contributed by atoms with Crippen LogP contribution in [0.5, 0.6) is 0 Å². The summed E-state index contributed by atoms with van der Waals surface area (Å²) in [7, 11) is -2.39. The summed E-state index contributed by atoms with van der Waals surface area (Å²) in [4.78, 5) is 22.8. The summed E-state index contributed by atoms with van der Waals surface area (Å²) in [6.07, 6.45) is 0. The minimum absolute atomic E-state index is 0.0851. The fourth-order valence-electron chi connectivity index (χ4n) is 2.63. The Morgan fingerprint density at radius 1 is 1.03 bits per heavy atom. The number of benzene rings is 3. The Morgan fingerprint density at radius 3 is 2.27 bits per heavy atom. The van der Waals surface area contributed by atoms with Gasteiger partial charge in [-0.15, -0.1) is 0 Å². The molecular formula is C20H16ClN3O5S. The Morgan fingerprint density at radius 2 is 1.67 bits per heavy atom. The van der Waals surface area contributed by atoms with E-state index in [0.29, 0.717) is 10.7 Å². The molecule has 1 amide bonds. The normalized spacial score (nSPS) is 11.0. The van der Waals surface area contributed by atoms with Crippen LogP contribution in [-0.4, -0.2) is 26.3 Å². The van der Waals surface area contributed by atoms with Gasteiger partial charge in [-0.2, -0.15) is 0 Å². The summed E-state index contributed by atoms with van der Waals surface area (Å²) in [5.74, 6) is -0.481. The molecule has 154 valence electrons. The molecule has 0 aliphatic rings. The van der Waals surface area contributed by atoms with Crippen molar-refractivity contribution >= 4 is 44.6 Å². The molecule has 3 aromatic rings. The number of anilines is 2. The molecule has 0 bridgehead atoms. The number of rotatable bonds is 6. The zero-order chi connectivity index (χ0) is 21.9. The van der Waals surface area contributed by atoms with Crippen LogP contribution in [-0.2, 0) is 10.0 Å². The van der Waals surface area contributed by atoms with Crippen LogP contribution >= 0.6 is 11.6 Å². The van der Waals surface area contributed by atoms with E-state index in [0.717, 1.165) is 4.31 Å². The van der Waals surface area contributed by atoms with Crippen molar-refractivity contribution in [3.05, 3.63) is 93.5 Å². The highest BCUT2D eigenvalue weighted by Gasteiger charge is 2.21. The van der Waals surface area contributed by atoms with Gasteiger partial charge in [0.25, 0.3) is 21.6 Å². The van der Waals surface area contributed by atoms with Crippen molar-refractivity contribution in [2.45, 2.75) is 4.90 Å². The number of carbonyl (C=O) groups is 1. The van der Waals surface area contributed by atoms with Crippen LogP contribution in [0, 0.1) is 10.1 Å². The summed E-state index contributed by atoms with van der Waals surface area (Å²) in [6, 6.07) is 17.3. The monoisotopic (exact) mass is 445 g/mol. The second-order valence-corrected chi connectivity index (χ2v) is 8.64. The number of non-ortho nitro benzene ring substituents is 1. The van der Waals surface area contributed by atoms with Gasteiger partial charge in [0.15, 0.2) is 0 Å². The molecule has 0 aromatic heterocycles. The maximum Gasteiger partial charge on any atom is 0.271 e. The zero-order valence-electron chi connectivity index (χ0n) is 15.7. The fourth-order valence-corrected chi connectivity index (χ4v) is 3.95. The standard InChI is InChI=1S/C20H16ClN3O5S/c1-23(30(28,29)19-11-7-15(21)8-12-19)17-9-5-14(6-10-17)20(25)22-16-3-2-4-18(13-16)24(26)27/h2-13H,1H3,(H,22,25). The third-order valence-corrected chi connectivity index (χ3v) is 6.33. The maximum absolute atomic E-state index is 12.7. The van der Waals surface area contributed by atoms with Crippen molar-refractivity contribution in [3.8, 4) is 0 Å². The van der Waals surface area contributed by atoms with E-state index in [1.807, 2.05) is 0 Å². The Balaban J connectivity index is 1.77. The molecule has 0 aliphatic carbocycles. The molecule has 30 heavy (non-hydrogen) atoms. The highest BCUT2D eigenvalue weighted by molar-refractivity contribution is 7.92. The number of nitro groups is 1. The third-order valence-electron chi connectivity index (χ3n) is 4.28. The quantitative estimate of drug-likeness (QED) is 0.448. The average Bonchev–Trinajstić information content (AvgIpc) is 2.73. The highest BCUT2D eigenvalue weighted by Crippen LogP contribution is 2.24. The number of nitrogens with zero attached hydrogens (tertiary/aromatic N) is 2. The van der Waals surface area contributed by atoms with E-state index in [9.17, 15) is 23.3 Å². The Labute approximate surface area is 177 Å². The molecule has 0 heterocycles. The highest BCUT2D eigenvalue weighted by atomic mass is 35.5. The largest absolute Gasteiger partial charge is 0.322 e. The summed E-state index contributed by atoms with van der Waals surface area (Å²) in [5.41, 5.74) is 0.761. The zero-order valence-corrected chi connectivity index (χ0v) is 17.2. The summed E-state index contributed by atoms with van der Waals surface area (Å²) < 4.78 is 26.6. The summed E-state index contributed by atoms with van der Waals surface area (Å²) >= 11 is 5.81. The van der Waals surface area contributed by atoms with Gasteiger partial charge in [0.05, 0.1) is 15.5 Å². The molecule has 3 rings (SSSR count). The van der Waals surface area contributed by atoms with Gasteiger partial charge in [-0.25, -0.2) is 8.42 Å². The van der Waals surface area contributed by atoms with Crippen molar-refractivity contribution in [3.63, 3.8) is 0 Å². The van der Waals surface area contributed by atoms with Crippen LogP contribution in [0.2, 0.25) is 5.02 Å². The van der Waals surface area contributed by atoms with Gasteiger partial charge in [-0.1, -0.05) is 17.7 Å². The molecule has 3 aromatic carbocycles. The van der Waals surface area contributed by atoms with E-state index in [4.69, 9.17) is 11.6 Å². The predicted octanol–water partition coefficient (Wildman–Crippen LogP) is 4.33. The Bertz CT molecular complexity index is 1200. The molecule has 0 spiro atoms. The number of carbonyl (C=O) groups excluding carboxylic acids is 1. The minimum atomic E-state index is -3.79. The molecule has 0 aliphatic heterocycles. The number of halogens is 1. The first-order valence-electron chi connectivity index (χ1n) is 8.59. The first-order valence-corrected chi connectivity index (χ1v) is 10.4. The van der Waals surface area contributed by atoms with Crippen molar-refractivity contribution in [1.82, 2.24) is 0 Å². The molecular weight excluding hydrogens is 430 g/mol. The molecule has 0 saturated carbocycles. The Hall–Kier alpha value is -3.43. The summed E-state index contributed by atoms with van der Waals surface area (Å²) in [5, 5.41) is 13.8. The molecule has 0 atom stereocenters. The number of hydrogen-bond donors (Lipinski definition) is 1. The first-order chi connectivity index (χ1) is 14.2. The van der Waals surface area contributed by atoms with Crippen molar-refractivity contribution < 1.29 is 18.1 Å². The van der Waals surface area contributed by atoms with Crippen molar-refractivity contribution in [1.29, 1.82) is 0 Å². The molecule has 0 radical (unpaired) electrons.